The highest BCUT2D eigenvalue weighted by Crippen LogP contribution is 2.13. The molecule has 1 N–H and O–H groups in total. The Morgan fingerprint density at radius 2 is 2.53 bits per heavy atom. The average Bonchev–Trinajstić information content (AvgIpc) is 2.63. The van der Waals surface area contributed by atoms with Crippen molar-refractivity contribution in [2.45, 2.75) is 19.3 Å². The molecule has 0 saturated carbocycles. The third kappa shape index (κ3) is 2.65. The number of nitrogens with zero attached hydrogens (tertiary/aromatic N) is 2. The Kier molecular flexibility index (Phi) is 3.16. The molecule has 4 nitrogen and oxygen atoms in total. The Morgan fingerprint density at radius 3 is 3.20 bits per heavy atom. The van der Waals surface area contributed by atoms with E-state index in [0.29, 0.717) is 12.2 Å². The summed E-state index contributed by atoms with van der Waals surface area (Å²) < 4.78 is 1.80. The van der Waals surface area contributed by atoms with Gasteiger partial charge < -0.3 is 5.32 Å². The number of carbonyl (C=O) groups excluding carboxylic acids is 1. The summed E-state index contributed by atoms with van der Waals surface area (Å²) in [7, 11) is 1.91. The molecule has 2 heterocycles. The smallest absolute Gasteiger partial charge is 0.138 e. The second-order valence-electron chi connectivity index (χ2n) is 4.18. The van der Waals surface area contributed by atoms with Crippen molar-refractivity contribution in [3.8, 4) is 0 Å². The van der Waals surface area contributed by atoms with E-state index in [1.807, 2.05) is 19.4 Å². The van der Waals surface area contributed by atoms with Gasteiger partial charge in [0, 0.05) is 38.7 Å². The lowest BCUT2D eigenvalue weighted by Gasteiger charge is -2.21. The van der Waals surface area contributed by atoms with Gasteiger partial charge in [-0.05, 0) is 18.4 Å². The maximum absolute atomic E-state index is 11.6. The Morgan fingerprint density at radius 1 is 1.67 bits per heavy atom. The van der Waals surface area contributed by atoms with Crippen LogP contribution in [0.3, 0.4) is 0 Å². The maximum atomic E-state index is 11.6. The average molecular weight is 207 g/mol. The van der Waals surface area contributed by atoms with Crippen molar-refractivity contribution in [3.63, 3.8) is 0 Å². The van der Waals surface area contributed by atoms with Crippen molar-refractivity contribution in [3.05, 3.63) is 18.0 Å². The molecule has 0 radical (unpaired) electrons. The van der Waals surface area contributed by atoms with Gasteiger partial charge >= 0.3 is 0 Å². The quantitative estimate of drug-likeness (QED) is 0.786. The molecule has 0 spiro atoms. The summed E-state index contributed by atoms with van der Waals surface area (Å²) in [6.07, 6.45) is 6.47. The molecule has 1 aromatic heterocycles. The van der Waals surface area contributed by atoms with Crippen LogP contribution in [0.5, 0.6) is 0 Å². The van der Waals surface area contributed by atoms with Crippen LogP contribution < -0.4 is 5.32 Å². The zero-order valence-electron chi connectivity index (χ0n) is 9.07. The topological polar surface area (TPSA) is 46.9 Å². The molecule has 1 unspecified atom stereocenters. The van der Waals surface area contributed by atoms with E-state index in [9.17, 15) is 4.79 Å². The molecular formula is C11H17N3O. The van der Waals surface area contributed by atoms with Gasteiger partial charge in [0.05, 0.1) is 6.20 Å². The summed E-state index contributed by atoms with van der Waals surface area (Å²) in [4.78, 5) is 11.6. The highest BCUT2D eigenvalue weighted by Gasteiger charge is 2.21. The Hall–Kier alpha value is -1.16. The standard InChI is InChI=1S/C11H17N3O/c1-14-8-9(6-13-14)2-3-10-7-12-5-4-11(10)15/h6,8,10,12H,2-5,7H2,1H3. The fourth-order valence-electron chi connectivity index (χ4n) is 2.01. The predicted octanol–water partition coefficient (Wildman–Crippen LogP) is 0.531. The zero-order chi connectivity index (χ0) is 10.7. The van der Waals surface area contributed by atoms with Crippen LogP contribution in [0.4, 0.5) is 0 Å². The summed E-state index contributed by atoms with van der Waals surface area (Å²) in [6.45, 7) is 1.70. The number of ketones is 1. The number of hydrogen-bond donors (Lipinski definition) is 1. The van der Waals surface area contributed by atoms with Gasteiger partial charge in [0.2, 0.25) is 0 Å². The van der Waals surface area contributed by atoms with Crippen LogP contribution in [0.2, 0.25) is 0 Å². The molecule has 0 aliphatic carbocycles. The van der Waals surface area contributed by atoms with E-state index in [4.69, 9.17) is 0 Å². The molecular weight excluding hydrogens is 190 g/mol. The number of nitrogens with one attached hydrogen (secondary N) is 1. The van der Waals surface area contributed by atoms with E-state index in [1.54, 1.807) is 4.68 Å². The molecule has 0 aromatic carbocycles. The van der Waals surface area contributed by atoms with Crippen molar-refractivity contribution in [1.29, 1.82) is 0 Å². The van der Waals surface area contributed by atoms with Crippen molar-refractivity contribution in [2.24, 2.45) is 13.0 Å². The monoisotopic (exact) mass is 207 g/mol. The largest absolute Gasteiger partial charge is 0.316 e. The number of piperidine rings is 1. The molecule has 1 saturated heterocycles. The first-order valence-corrected chi connectivity index (χ1v) is 5.46. The molecule has 1 atom stereocenters. The third-order valence-corrected chi connectivity index (χ3v) is 2.93. The van der Waals surface area contributed by atoms with E-state index < -0.39 is 0 Å². The minimum absolute atomic E-state index is 0.207. The number of rotatable bonds is 3. The highest BCUT2D eigenvalue weighted by molar-refractivity contribution is 5.82. The molecule has 1 aliphatic rings. The first kappa shape index (κ1) is 10.4. The second-order valence-corrected chi connectivity index (χ2v) is 4.18. The van der Waals surface area contributed by atoms with Crippen molar-refractivity contribution in [1.82, 2.24) is 15.1 Å². The lowest BCUT2D eigenvalue weighted by atomic mass is 9.92. The van der Waals surface area contributed by atoms with Crippen molar-refractivity contribution in [2.75, 3.05) is 13.1 Å². The molecule has 1 aliphatic heterocycles. The minimum atomic E-state index is 0.207. The van der Waals surface area contributed by atoms with Gasteiger partial charge in [-0.2, -0.15) is 5.10 Å². The lowest BCUT2D eigenvalue weighted by Crippen LogP contribution is -2.37. The fourth-order valence-corrected chi connectivity index (χ4v) is 2.01. The Bertz CT molecular complexity index is 345. The predicted molar refractivity (Wildman–Crippen MR) is 57.5 cm³/mol. The number of aromatic nitrogens is 2. The SMILES string of the molecule is Cn1cc(CCC2CNCCC2=O)cn1. The Balaban J connectivity index is 1.84. The summed E-state index contributed by atoms with van der Waals surface area (Å²) in [5, 5.41) is 7.38. The Labute approximate surface area is 89.7 Å². The molecule has 1 fully saturated rings. The van der Waals surface area contributed by atoms with E-state index in [1.165, 1.54) is 5.56 Å². The first-order valence-electron chi connectivity index (χ1n) is 5.46. The van der Waals surface area contributed by atoms with Gasteiger partial charge in [0.1, 0.15) is 5.78 Å². The van der Waals surface area contributed by atoms with Crippen LogP contribution in [0.25, 0.3) is 0 Å². The summed E-state index contributed by atoms with van der Waals surface area (Å²) in [5.41, 5.74) is 1.22. The molecule has 0 bridgehead atoms. The summed E-state index contributed by atoms with van der Waals surface area (Å²) in [6, 6.07) is 0. The van der Waals surface area contributed by atoms with Gasteiger partial charge in [-0.3, -0.25) is 9.48 Å². The fraction of sp³-hybridized carbons (Fsp3) is 0.636. The van der Waals surface area contributed by atoms with E-state index in [2.05, 4.69) is 10.4 Å². The van der Waals surface area contributed by atoms with Crippen LogP contribution in [-0.4, -0.2) is 28.7 Å². The molecule has 2 rings (SSSR count). The highest BCUT2D eigenvalue weighted by atomic mass is 16.1. The number of aryl methyl sites for hydroxylation is 2. The van der Waals surface area contributed by atoms with Gasteiger partial charge in [-0.25, -0.2) is 0 Å². The van der Waals surface area contributed by atoms with Gasteiger partial charge in [0.25, 0.3) is 0 Å². The van der Waals surface area contributed by atoms with E-state index in [-0.39, 0.29) is 5.92 Å². The van der Waals surface area contributed by atoms with Crippen molar-refractivity contribution < 1.29 is 4.79 Å². The minimum Gasteiger partial charge on any atom is -0.316 e. The molecule has 15 heavy (non-hydrogen) atoms. The van der Waals surface area contributed by atoms with Gasteiger partial charge in [0.15, 0.2) is 0 Å². The summed E-state index contributed by atoms with van der Waals surface area (Å²) >= 11 is 0. The first-order chi connectivity index (χ1) is 7.25. The van der Waals surface area contributed by atoms with Crippen LogP contribution in [0.15, 0.2) is 12.4 Å². The van der Waals surface area contributed by atoms with E-state index in [0.717, 1.165) is 25.9 Å². The normalized spacial score (nSPS) is 21.9. The number of carbonyl (C=O) groups is 1. The van der Waals surface area contributed by atoms with E-state index >= 15 is 0 Å². The van der Waals surface area contributed by atoms with Crippen LogP contribution >= 0.6 is 0 Å². The number of Topliss-reactive ketones (excluding diaryl/α,β-unsaturated/α-hetero) is 1. The second kappa shape index (κ2) is 4.57. The van der Waals surface area contributed by atoms with Crippen LogP contribution in [-0.2, 0) is 18.3 Å². The van der Waals surface area contributed by atoms with Crippen molar-refractivity contribution >= 4 is 5.78 Å². The lowest BCUT2D eigenvalue weighted by molar-refractivity contribution is -0.124. The molecule has 1 aromatic rings. The zero-order valence-corrected chi connectivity index (χ0v) is 9.07. The molecule has 0 amide bonds. The van der Waals surface area contributed by atoms with Crippen LogP contribution in [0.1, 0.15) is 18.4 Å². The molecule has 4 heteroatoms. The van der Waals surface area contributed by atoms with Gasteiger partial charge in [-0.1, -0.05) is 0 Å². The molecule has 82 valence electrons. The van der Waals surface area contributed by atoms with Crippen LogP contribution in [0, 0.1) is 5.92 Å². The third-order valence-electron chi connectivity index (χ3n) is 2.93. The van der Waals surface area contributed by atoms with Gasteiger partial charge in [-0.15, -0.1) is 0 Å². The summed E-state index contributed by atoms with van der Waals surface area (Å²) in [5.74, 6) is 0.622. The number of hydrogen-bond acceptors (Lipinski definition) is 3. The maximum Gasteiger partial charge on any atom is 0.138 e.